The normalized spacial score (nSPS) is 22.7. The highest BCUT2D eigenvalue weighted by Crippen LogP contribution is 2.25. The third kappa shape index (κ3) is 6.77. The monoisotopic (exact) mass is 328 g/mol. The first-order valence-electron chi connectivity index (χ1n) is 9.12. The Hall–Kier alpha value is -0.650. The number of nitrogens with zero attached hydrogens (tertiary/aromatic N) is 1. The number of carbonyl (C=O) groups excluding carboxylic acids is 1. The molecule has 0 aromatic carbocycles. The van der Waals surface area contributed by atoms with E-state index in [2.05, 4.69) is 31.2 Å². The summed E-state index contributed by atoms with van der Waals surface area (Å²) in [5, 5.41) is 2.37. The molecule has 0 aromatic heterocycles. The molecule has 5 heteroatoms. The number of carbonyl (C=O) groups is 1. The molecule has 5 nitrogen and oxygen atoms in total. The Bertz CT molecular complexity index is 338. The quantitative estimate of drug-likeness (QED) is 0.591. The zero-order chi connectivity index (χ0) is 17.2. The van der Waals surface area contributed by atoms with Gasteiger partial charge in [-0.1, -0.05) is 33.6 Å². The van der Waals surface area contributed by atoms with E-state index in [-0.39, 0.29) is 5.97 Å². The third-order valence-electron chi connectivity index (χ3n) is 5.19. The van der Waals surface area contributed by atoms with Crippen LogP contribution in [-0.2, 0) is 14.3 Å². The summed E-state index contributed by atoms with van der Waals surface area (Å²) >= 11 is 0. The van der Waals surface area contributed by atoms with Crippen molar-refractivity contribution in [2.75, 3.05) is 27.4 Å². The highest BCUT2D eigenvalue weighted by Gasteiger charge is 2.30. The second kappa shape index (κ2) is 11.0. The number of nitrogens with one attached hydrogen (secondary N) is 1. The average Bonchev–Trinajstić information content (AvgIpc) is 2.97. The molecule has 1 rings (SSSR count). The Balaban J connectivity index is 2.64. The van der Waals surface area contributed by atoms with Crippen molar-refractivity contribution in [3.8, 4) is 0 Å². The molecule has 4 atom stereocenters. The molecular weight excluding hydrogens is 292 g/mol. The molecule has 1 heterocycles. The van der Waals surface area contributed by atoms with Crippen LogP contribution in [0.5, 0.6) is 0 Å². The molecule has 0 unspecified atom stereocenters. The smallest absolute Gasteiger partial charge is 0.305 e. The minimum Gasteiger partial charge on any atom is -0.469 e. The van der Waals surface area contributed by atoms with Crippen molar-refractivity contribution in [1.29, 1.82) is 0 Å². The van der Waals surface area contributed by atoms with Crippen molar-refractivity contribution in [3.63, 3.8) is 0 Å². The van der Waals surface area contributed by atoms with Gasteiger partial charge in [-0.25, -0.2) is 5.01 Å². The number of hydrazine groups is 1. The largest absolute Gasteiger partial charge is 0.469 e. The molecule has 136 valence electrons. The summed E-state index contributed by atoms with van der Waals surface area (Å²) < 4.78 is 10.2. The van der Waals surface area contributed by atoms with Gasteiger partial charge in [0, 0.05) is 32.2 Å². The van der Waals surface area contributed by atoms with E-state index < -0.39 is 0 Å². The van der Waals surface area contributed by atoms with Crippen molar-refractivity contribution in [2.24, 2.45) is 11.8 Å². The average molecular weight is 328 g/mol. The van der Waals surface area contributed by atoms with Crippen LogP contribution in [-0.4, -0.2) is 50.4 Å². The van der Waals surface area contributed by atoms with E-state index in [4.69, 9.17) is 9.47 Å². The van der Waals surface area contributed by atoms with Crippen LogP contribution in [0.25, 0.3) is 0 Å². The molecule has 23 heavy (non-hydrogen) atoms. The van der Waals surface area contributed by atoms with Crippen molar-refractivity contribution in [2.45, 2.75) is 71.4 Å². The molecule has 0 aliphatic carbocycles. The molecular formula is C18H36N2O3. The van der Waals surface area contributed by atoms with Crippen LogP contribution in [0.2, 0.25) is 0 Å². The van der Waals surface area contributed by atoms with E-state index in [9.17, 15) is 4.79 Å². The molecule has 0 bridgehead atoms. The molecule has 0 amide bonds. The maximum atomic E-state index is 11.6. The molecule has 0 aromatic rings. The van der Waals surface area contributed by atoms with E-state index in [0.29, 0.717) is 30.3 Å². The van der Waals surface area contributed by atoms with Crippen molar-refractivity contribution in [3.05, 3.63) is 0 Å². The number of hydrogen-bond donors (Lipinski definition) is 1. The van der Waals surface area contributed by atoms with E-state index in [1.807, 2.05) is 0 Å². The van der Waals surface area contributed by atoms with E-state index in [0.717, 1.165) is 19.6 Å². The SMILES string of the molecule is CCCC[C@@H](NN1CCC[C@H]1COC)[C@@H](C)[C@@H](C)CC(=O)OC. The summed E-state index contributed by atoms with van der Waals surface area (Å²) in [6.45, 7) is 8.48. The van der Waals surface area contributed by atoms with Crippen LogP contribution in [0, 0.1) is 11.8 Å². The summed E-state index contributed by atoms with van der Waals surface area (Å²) in [5.74, 6) is 0.613. The van der Waals surface area contributed by atoms with Gasteiger partial charge in [0.1, 0.15) is 0 Å². The van der Waals surface area contributed by atoms with Gasteiger partial charge in [-0.2, -0.15) is 0 Å². The summed E-state index contributed by atoms with van der Waals surface area (Å²) in [7, 11) is 3.23. The topological polar surface area (TPSA) is 50.8 Å². The Morgan fingerprint density at radius 3 is 2.70 bits per heavy atom. The highest BCUT2D eigenvalue weighted by atomic mass is 16.5. The summed E-state index contributed by atoms with van der Waals surface area (Å²) in [4.78, 5) is 11.6. The van der Waals surface area contributed by atoms with Gasteiger partial charge in [0.15, 0.2) is 0 Å². The first kappa shape index (κ1) is 20.4. The first-order valence-corrected chi connectivity index (χ1v) is 9.12. The summed E-state index contributed by atoms with van der Waals surface area (Å²) in [6, 6.07) is 0.860. The number of esters is 1. The zero-order valence-corrected chi connectivity index (χ0v) is 15.6. The molecule has 1 aliphatic heterocycles. The van der Waals surface area contributed by atoms with Gasteiger partial charge in [0.05, 0.1) is 13.7 Å². The molecule has 1 saturated heterocycles. The van der Waals surface area contributed by atoms with Crippen LogP contribution in [0.4, 0.5) is 0 Å². The number of ether oxygens (including phenoxy) is 2. The van der Waals surface area contributed by atoms with Crippen LogP contribution in [0.3, 0.4) is 0 Å². The zero-order valence-electron chi connectivity index (χ0n) is 15.6. The standard InChI is InChI=1S/C18H36N2O3/c1-6-7-10-17(15(3)14(2)12-18(21)23-5)19-20-11-8-9-16(20)13-22-4/h14-17,19H,6-13H2,1-5H3/t14-,15-,16-,17+/m0/s1. The lowest BCUT2D eigenvalue weighted by Gasteiger charge is -2.35. The maximum absolute atomic E-state index is 11.6. The highest BCUT2D eigenvalue weighted by molar-refractivity contribution is 5.69. The van der Waals surface area contributed by atoms with Crippen LogP contribution in [0.1, 0.15) is 59.3 Å². The van der Waals surface area contributed by atoms with Crippen LogP contribution < -0.4 is 5.43 Å². The fourth-order valence-electron chi connectivity index (χ4n) is 3.38. The molecule has 1 N–H and O–H groups in total. The third-order valence-corrected chi connectivity index (χ3v) is 5.19. The van der Waals surface area contributed by atoms with Crippen LogP contribution in [0.15, 0.2) is 0 Å². The Kier molecular flexibility index (Phi) is 9.75. The number of rotatable bonds is 11. The lowest BCUT2D eigenvalue weighted by Crippen LogP contribution is -2.51. The van der Waals surface area contributed by atoms with Gasteiger partial charge in [-0.15, -0.1) is 0 Å². The predicted octanol–water partition coefficient (Wildman–Crippen LogP) is 3.00. The van der Waals surface area contributed by atoms with Gasteiger partial charge in [0.2, 0.25) is 0 Å². The molecule has 0 radical (unpaired) electrons. The lowest BCUT2D eigenvalue weighted by atomic mass is 9.84. The number of methoxy groups -OCH3 is 2. The Morgan fingerprint density at radius 2 is 2.09 bits per heavy atom. The van der Waals surface area contributed by atoms with Gasteiger partial charge in [-0.05, 0) is 31.1 Å². The molecule has 1 fully saturated rings. The molecule has 0 spiro atoms. The van der Waals surface area contributed by atoms with E-state index in [1.165, 1.54) is 32.8 Å². The van der Waals surface area contributed by atoms with Crippen molar-refractivity contribution in [1.82, 2.24) is 10.4 Å². The summed E-state index contributed by atoms with van der Waals surface area (Å²) in [5.41, 5.74) is 3.76. The first-order chi connectivity index (χ1) is 11.0. The summed E-state index contributed by atoms with van der Waals surface area (Å²) in [6.07, 6.45) is 6.43. The number of hydrogen-bond acceptors (Lipinski definition) is 5. The fraction of sp³-hybridized carbons (Fsp3) is 0.944. The predicted molar refractivity (Wildman–Crippen MR) is 93.0 cm³/mol. The molecule has 1 aliphatic rings. The molecule has 0 saturated carbocycles. The Labute approximate surface area is 142 Å². The van der Waals surface area contributed by atoms with Gasteiger partial charge < -0.3 is 9.47 Å². The Morgan fingerprint density at radius 1 is 1.35 bits per heavy atom. The van der Waals surface area contributed by atoms with Gasteiger partial charge in [0.25, 0.3) is 0 Å². The fourth-order valence-corrected chi connectivity index (χ4v) is 3.38. The van der Waals surface area contributed by atoms with Crippen molar-refractivity contribution >= 4 is 5.97 Å². The second-order valence-electron chi connectivity index (χ2n) is 6.94. The van der Waals surface area contributed by atoms with E-state index >= 15 is 0 Å². The second-order valence-corrected chi connectivity index (χ2v) is 6.94. The minimum absolute atomic E-state index is 0.114. The maximum Gasteiger partial charge on any atom is 0.305 e. The van der Waals surface area contributed by atoms with E-state index in [1.54, 1.807) is 7.11 Å². The minimum atomic E-state index is -0.114. The van der Waals surface area contributed by atoms with Gasteiger partial charge in [-0.3, -0.25) is 10.2 Å². The number of unbranched alkanes of at least 4 members (excludes halogenated alkanes) is 1. The lowest BCUT2D eigenvalue weighted by molar-refractivity contribution is -0.142. The van der Waals surface area contributed by atoms with Crippen LogP contribution >= 0.6 is 0 Å². The van der Waals surface area contributed by atoms with Gasteiger partial charge >= 0.3 is 5.97 Å². The van der Waals surface area contributed by atoms with Crippen molar-refractivity contribution < 1.29 is 14.3 Å².